The molecule has 0 bridgehead atoms. The summed E-state index contributed by atoms with van der Waals surface area (Å²) < 4.78 is 10.5. The van der Waals surface area contributed by atoms with E-state index in [9.17, 15) is 0 Å². The first-order chi connectivity index (χ1) is 10.3. The number of imidazole rings is 1. The number of hydrogen-bond donors (Lipinski definition) is 1. The number of nitrogens with zero attached hydrogens (tertiary/aromatic N) is 1. The van der Waals surface area contributed by atoms with E-state index in [0.717, 1.165) is 28.2 Å². The molecule has 1 N–H and O–H groups in total. The van der Waals surface area contributed by atoms with Gasteiger partial charge in [0.15, 0.2) is 11.5 Å². The van der Waals surface area contributed by atoms with Crippen LogP contribution in [-0.4, -0.2) is 24.2 Å². The molecular weight excluding hydrogens is 264 g/mol. The van der Waals surface area contributed by atoms with Gasteiger partial charge >= 0.3 is 0 Å². The zero-order valence-corrected chi connectivity index (χ0v) is 12.0. The van der Waals surface area contributed by atoms with Gasteiger partial charge in [0.25, 0.3) is 0 Å². The van der Waals surface area contributed by atoms with Gasteiger partial charge in [0.2, 0.25) is 0 Å². The van der Waals surface area contributed by atoms with Crippen LogP contribution in [0.15, 0.2) is 42.5 Å². The Morgan fingerprint density at radius 2 is 1.76 bits per heavy atom. The second-order valence-electron chi connectivity index (χ2n) is 4.59. The van der Waals surface area contributed by atoms with Crippen molar-refractivity contribution in [1.82, 2.24) is 9.97 Å². The molecule has 4 nitrogen and oxygen atoms in total. The minimum atomic E-state index is 0.712. The maximum absolute atomic E-state index is 5.29. The van der Waals surface area contributed by atoms with E-state index in [2.05, 4.69) is 9.97 Å². The highest BCUT2D eigenvalue weighted by Gasteiger charge is 2.03. The van der Waals surface area contributed by atoms with Crippen LogP contribution in [0.25, 0.3) is 23.2 Å². The second kappa shape index (κ2) is 5.71. The molecule has 0 saturated heterocycles. The fourth-order valence-electron chi connectivity index (χ4n) is 2.18. The third-order valence-corrected chi connectivity index (χ3v) is 3.25. The van der Waals surface area contributed by atoms with Crippen LogP contribution >= 0.6 is 0 Å². The van der Waals surface area contributed by atoms with Gasteiger partial charge in [0, 0.05) is 0 Å². The fourth-order valence-corrected chi connectivity index (χ4v) is 2.18. The molecular formula is C17H16N2O2. The van der Waals surface area contributed by atoms with Crippen LogP contribution in [0, 0.1) is 0 Å². The highest BCUT2D eigenvalue weighted by atomic mass is 16.5. The van der Waals surface area contributed by atoms with E-state index < -0.39 is 0 Å². The van der Waals surface area contributed by atoms with Crippen LogP contribution in [0.2, 0.25) is 0 Å². The van der Waals surface area contributed by atoms with Gasteiger partial charge in [-0.3, -0.25) is 0 Å². The average Bonchev–Trinajstić information content (AvgIpc) is 2.95. The summed E-state index contributed by atoms with van der Waals surface area (Å²) >= 11 is 0. The number of benzene rings is 2. The standard InChI is InChI=1S/C17H16N2O2/c1-20-15-9-7-12(11-16(15)21-2)8-10-17-18-13-5-3-4-6-14(13)19-17/h3-11H,1-2H3,(H,18,19)/b10-8+. The number of ether oxygens (including phenoxy) is 2. The Balaban J connectivity index is 1.88. The number of aromatic nitrogens is 2. The second-order valence-corrected chi connectivity index (χ2v) is 4.59. The minimum Gasteiger partial charge on any atom is -0.493 e. The molecule has 1 heterocycles. The number of H-pyrrole nitrogens is 1. The predicted octanol–water partition coefficient (Wildman–Crippen LogP) is 3.75. The van der Waals surface area contributed by atoms with Gasteiger partial charge in [-0.1, -0.05) is 24.3 Å². The SMILES string of the molecule is COc1ccc(/C=C/c2nc3ccccc3[nH]2)cc1OC. The molecule has 0 saturated carbocycles. The first-order valence-electron chi connectivity index (χ1n) is 6.65. The van der Waals surface area contributed by atoms with Crippen molar-refractivity contribution >= 4 is 23.2 Å². The molecule has 106 valence electrons. The lowest BCUT2D eigenvalue weighted by atomic mass is 10.2. The molecule has 0 fully saturated rings. The quantitative estimate of drug-likeness (QED) is 0.791. The largest absolute Gasteiger partial charge is 0.493 e. The van der Waals surface area contributed by atoms with Gasteiger partial charge in [0.1, 0.15) is 5.82 Å². The Morgan fingerprint density at radius 3 is 2.52 bits per heavy atom. The van der Waals surface area contributed by atoms with Crippen LogP contribution in [-0.2, 0) is 0 Å². The minimum absolute atomic E-state index is 0.712. The molecule has 0 radical (unpaired) electrons. The Bertz CT molecular complexity index is 757. The fraction of sp³-hybridized carbons (Fsp3) is 0.118. The number of methoxy groups -OCH3 is 2. The molecule has 2 aromatic carbocycles. The third kappa shape index (κ3) is 2.74. The molecule has 21 heavy (non-hydrogen) atoms. The van der Waals surface area contributed by atoms with Crippen molar-refractivity contribution in [2.75, 3.05) is 14.2 Å². The first-order valence-corrected chi connectivity index (χ1v) is 6.65. The molecule has 0 amide bonds. The van der Waals surface area contributed by atoms with Crippen LogP contribution in [0.1, 0.15) is 11.4 Å². The third-order valence-electron chi connectivity index (χ3n) is 3.25. The van der Waals surface area contributed by atoms with E-state index >= 15 is 0 Å². The van der Waals surface area contributed by atoms with Crippen molar-refractivity contribution in [3.8, 4) is 11.5 Å². The summed E-state index contributed by atoms with van der Waals surface area (Å²) in [4.78, 5) is 7.77. The number of nitrogens with one attached hydrogen (secondary N) is 1. The molecule has 3 aromatic rings. The zero-order chi connectivity index (χ0) is 14.7. The molecule has 0 aliphatic rings. The zero-order valence-electron chi connectivity index (χ0n) is 12.0. The van der Waals surface area contributed by atoms with E-state index in [0.29, 0.717) is 5.75 Å². The summed E-state index contributed by atoms with van der Waals surface area (Å²) in [7, 11) is 3.26. The van der Waals surface area contributed by atoms with Crippen molar-refractivity contribution < 1.29 is 9.47 Å². The summed E-state index contributed by atoms with van der Waals surface area (Å²) in [6.07, 6.45) is 3.93. The average molecular weight is 280 g/mol. The number of hydrogen-bond acceptors (Lipinski definition) is 3. The van der Waals surface area contributed by atoms with Crippen molar-refractivity contribution in [3.63, 3.8) is 0 Å². The summed E-state index contributed by atoms with van der Waals surface area (Å²) in [5.41, 5.74) is 3.02. The first kappa shape index (κ1) is 13.2. The smallest absolute Gasteiger partial charge is 0.161 e. The van der Waals surface area contributed by atoms with Gasteiger partial charge in [-0.2, -0.15) is 0 Å². The summed E-state index contributed by atoms with van der Waals surface area (Å²) in [6.45, 7) is 0. The lowest BCUT2D eigenvalue weighted by molar-refractivity contribution is 0.355. The number of rotatable bonds is 4. The van der Waals surface area contributed by atoms with Crippen LogP contribution < -0.4 is 9.47 Å². The Labute approximate surface area is 123 Å². The van der Waals surface area contributed by atoms with Gasteiger partial charge in [-0.25, -0.2) is 4.98 Å². The van der Waals surface area contributed by atoms with Crippen molar-refractivity contribution in [1.29, 1.82) is 0 Å². The molecule has 0 spiro atoms. The number of aromatic amines is 1. The highest BCUT2D eigenvalue weighted by molar-refractivity contribution is 5.78. The van der Waals surface area contributed by atoms with Crippen LogP contribution in [0.5, 0.6) is 11.5 Å². The summed E-state index contributed by atoms with van der Waals surface area (Å²) in [5.74, 6) is 2.26. The Morgan fingerprint density at radius 1 is 0.952 bits per heavy atom. The molecule has 0 atom stereocenters. The molecule has 0 unspecified atom stereocenters. The highest BCUT2D eigenvalue weighted by Crippen LogP contribution is 2.28. The molecule has 1 aromatic heterocycles. The van der Waals surface area contributed by atoms with E-state index in [1.807, 2.05) is 54.6 Å². The van der Waals surface area contributed by atoms with Crippen molar-refractivity contribution in [2.45, 2.75) is 0 Å². The number of para-hydroxylation sites is 2. The maximum atomic E-state index is 5.29. The van der Waals surface area contributed by atoms with Gasteiger partial charge < -0.3 is 14.5 Å². The molecule has 0 aliphatic carbocycles. The normalized spacial score (nSPS) is 11.1. The van der Waals surface area contributed by atoms with Crippen molar-refractivity contribution in [2.24, 2.45) is 0 Å². The maximum Gasteiger partial charge on any atom is 0.161 e. The van der Waals surface area contributed by atoms with E-state index in [-0.39, 0.29) is 0 Å². The molecule has 4 heteroatoms. The number of fused-ring (bicyclic) bond motifs is 1. The monoisotopic (exact) mass is 280 g/mol. The Hall–Kier alpha value is -2.75. The van der Waals surface area contributed by atoms with Crippen LogP contribution in [0.4, 0.5) is 0 Å². The van der Waals surface area contributed by atoms with Gasteiger partial charge in [-0.05, 0) is 35.9 Å². The van der Waals surface area contributed by atoms with E-state index in [1.165, 1.54) is 0 Å². The van der Waals surface area contributed by atoms with Crippen molar-refractivity contribution in [3.05, 3.63) is 53.9 Å². The van der Waals surface area contributed by atoms with Crippen LogP contribution in [0.3, 0.4) is 0 Å². The predicted molar refractivity (Wildman–Crippen MR) is 84.6 cm³/mol. The van der Waals surface area contributed by atoms with E-state index in [1.54, 1.807) is 14.2 Å². The lowest BCUT2D eigenvalue weighted by Crippen LogP contribution is -1.90. The summed E-state index contributed by atoms with van der Waals surface area (Å²) in [5, 5.41) is 0. The molecule has 0 aliphatic heterocycles. The molecule has 3 rings (SSSR count). The topological polar surface area (TPSA) is 47.1 Å². The summed E-state index contributed by atoms with van der Waals surface area (Å²) in [6, 6.07) is 13.7. The van der Waals surface area contributed by atoms with Gasteiger partial charge in [0.05, 0.1) is 25.3 Å². The Kier molecular flexibility index (Phi) is 3.60. The van der Waals surface area contributed by atoms with E-state index in [4.69, 9.17) is 9.47 Å². The van der Waals surface area contributed by atoms with Gasteiger partial charge in [-0.15, -0.1) is 0 Å². The lowest BCUT2D eigenvalue weighted by Gasteiger charge is -2.07.